The van der Waals surface area contributed by atoms with E-state index >= 15 is 0 Å². The van der Waals surface area contributed by atoms with Gasteiger partial charge in [-0.05, 0) is 12.3 Å². The summed E-state index contributed by atoms with van der Waals surface area (Å²) in [5, 5.41) is 0. The molecule has 1 unspecified atom stereocenters. The molecule has 1 rings (SSSR count). The highest BCUT2D eigenvalue weighted by Gasteiger charge is 2.16. The van der Waals surface area contributed by atoms with Crippen molar-refractivity contribution in [3.8, 4) is 0 Å². The Morgan fingerprint density at radius 2 is 2.38 bits per heavy atom. The highest BCUT2D eigenvalue weighted by molar-refractivity contribution is 4.71. The first-order chi connectivity index (χ1) is 6.22. The third kappa shape index (κ3) is 4.07. The number of hydrogen-bond donors (Lipinski definition) is 1. The predicted octanol–water partition coefficient (Wildman–Crippen LogP) is 0.692. The van der Waals surface area contributed by atoms with Crippen molar-refractivity contribution in [2.24, 2.45) is 11.7 Å². The Kier molecular flexibility index (Phi) is 4.70. The Balaban J connectivity index is 2.30. The van der Waals surface area contributed by atoms with Crippen LogP contribution in [0.5, 0.6) is 0 Å². The van der Waals surface area contributed by atoms with Crippen molar-refractivity contribution < 1.29 is 4.74 Å². The molecule has 78 valence electrons. The van der Waals surface area contributed by atoms with E-state index in [4.69, 9.17) is 10.5 Å². The number of nitrogens with zero attached hydrogens (tertiary/aromatic N) is 1. The maximum absolute atomic E-state index is 5.92. The van der Waals surface area contributed by atoms with Gasteiger partial charge >= 0.3 is 0 Å². The fourth-order valence-electron chi connectivity index (χ4n) is 1.69. The van der Waals surface area contributed by atoms with Crippen molar-refractivity contribution in [2.75, 3.05) is 32.8 Å². The minimum absolute atomic E-state index is 0.324. The SMILES string of the molecule is CC[C@@H](N)CN1CCOCC(C)C1. The number of hydrogen-bond acceptors (Lipinski definition) is 3. The van der Waals surface area contributed by atoms with Crippen LogP contribution in [0.3, 0.4) is 0 Å². The molecule has 0 amide bonds. The molecule has 0 spiro atoms. The summed E-state index contributed by atoms with van der Waals surface area (Å²) >= 11 is 0. The topological polar surface area (TPSA) is 38.5 Å². The number of nitrogens with two attached hydrogens (primary N) is 1. The van der Waals surface area contributed by atoms with E-state index in [-0.39, 0.29) is 0 Å². The summed E-state index contributed by atoms with van der Waals surface area (Å²) in [7, 11) is 0. The maximum atomic E-state index is 5.92. The molecule has 3 heteroatoms. The van der Waals surface area contributed by atoms with Crippen LogP contribution in [0.2, 0.25) is 0 Å². The molecule has 3 nitrogen and oxygen atoms in total. The minimum atomic E-state index is 0.324. The number of ether oxygens (including phenoxy) is 1. The lowest BCUT2D eigenvalue weighted by atomic mass is 10.1. The average Bonchev–Trinajstić information content (AvgIpc) is 2.30. The minimum Gasteiger partial charge on any atom is -0.380 e. The largest absolute Gasteiger partial charge is 0.380 e. The van der Waals surface area contributed by atoms with E-state index in [0.29, 0.717) is 12.0 Å². The van der Waals surface area contributed by atoms with Gasteiger partial charge in [0.2, 0.25) is 0 Å². The summed E-state index contributed by atoms with van der Waals surface area (Å²) in [6.45, 7) is 9.33. The molecule has 2 N–H and O–H groups in total. The Morgan fingerprint density at radius 3 is 3.08 bits per heavy atom. The zero-order valence-corrected chi connectivity index (χ0v) is 8.83. The smallest absolute Gasteiger partial charge is 0.0593 e. The third-order valence-electron chi connectivity index (χ3n) is 2.54. The van der Waals surface area contributed by atoms with Gasteiger partial charge in [-0.1, -0.05) is 13.8 Å². The van der Waals surface area contributed by atoms with E-state index in [0.717, 1.165) is 39.3 Å². The zero-order valence-electron chi connectivity index (χ0n) is 8.83. The van der Waals surface area contributed by atoms with Gasteiger partial charge in [-0.3, -0.25) is 4.90 Å². The second-order valence-electron chi connectivity index (χ2n) is 4.11. The van der Waals surface area contributed by atoms with Gasteiger partial charge in [0.1, 0.15) is 0 Å². The fraction of sp³-hybridized carbons (Fsp3) is 1.00. The van der Waals surface area contributed by atoms with Gasteiger partial charge in [0.15, 0.2) is 0 Å². The summed E-state index contributed by atoms with van der Waals surface area (Å²) in [6.07, 6.45) is 1.06. The standard InChI is InChI=1S/C10H22N2O/c1-3-10(11)7-12-4-5-13-8-9(2)6-12/h9-10H,3-8,11H2,1-2H3/t9?,10-/m1/s1. The molecular weight excluding hydrogens is 164 g/mol. The van der Waals surface area contributed by atoms with E-state index in [1.807, 2.05) is 0 Å². The van der Waals surface area contributed by atoms with Crippen molar-refractivity contribution in [3.05, 3.63) is 0 Å². The van der Waals surface area contributed by atoms with Crippen molar-refractivity contribution in [1.29, 1.82) is 0 Å². The highest BCUT2D eigenvalue weighted by Crippen LogP contribution is 2.06. The summed E-state index contributed by atoms with van der Waals surface area (Å²) < 4.78 is 5.47. The Labute approximate surface area is 81.2 Å². The molecule has 13 heavy (non-hydrogen) atoms. The molecular formula is C10H22N2O. The normalized spacial score (nSPS) is 28.4. The second kappa shape index (κ2) is 5.58. The third-order valence-corrected chi connectivity index (χ3v) is 2.54. The quantitative estimate of drug-likeness (QED) is 0.705. The van der Waals surface area contributed by atoms with Crippen LogP contribution in [0.15, 0.2) is 0 Å². The van der Waals surface area contributed by atoms with Gasteiger partial charge in [-0.15, -0.1) is 0 Å². The van der Waals surface area contributed by atoms with E-state index in [1.54, 1.807) is 0 Å². The lowest BCUT2D eigenvalue weighted by molar-refractivity contribution is 0.125. The summed E-state index contributed by atoms with van der Waals surface area (Å²) in [4.78, 5) is 2.42. The first-order valence-electron chi connectivity index (χ1n) is 5.28. The van der Waals surface area contributed by atoms with Gasteiger partial charge < -0.3 is 10.5 Å². The van der Waals surface area contributed by atoms with Crippen LogP contribution in [-0.2, 0) is 4.74 Å². The Hall–Kier alpha value is -0.120. The second-order valence-corrected chi connectivity index (χ2v) is 4.11. The van der Waals surface area contributed by atoms with Crippen molar-refractivity contribution in [1.82, 2.24) is 4.90 Å². The van der Waals surface area contributed by atoms with Crippen LogP contribution in [0.25, 0.3) is 0 Å². The molecule has 1 heterocycles. The van der Waals surface area contributed by atoms with Crippen molar-refractivity contribution in [2.45, 2.75) is 26.3 Å². The van der Waals surface area contributed by atoms with Gasteiger partial charge in [0.25, 0.3) is 0 Å². The van der Waals surface area contributed by atoms with Gasteiger partial charge in [-0.25, -0.2) is 0 Å². The van der Waals surface area contributed by atoms with E-state index in [1.165, 1.54) is 0 Å². The monoisotopic (exact) mass is 186 g/mol. The molecule has 0 bridgehead atoms. The Morgan fingerprint density at radius 1 is 1.62 bits per heavy atom. The predicted molar refractivity (Wildman–Crippen MR) is 54.7 cm³/mol. The van der Waals surface area contributed by atoms with E-state index < -0.39 is 0 Å². The molecule has 0 aliphatic carbocycles. The fourth-order valence-corrected chi connectivity index (χ4v) is 1.69. The summed E-state index contributed by atoms with van der Waals surface area (Å²) in [5.41, 5.74) is 5.92. The highest BCUT2D eigenvalue weighted by atomic mass is 16.5. The molecule has 0 radical (unpaired) electrons. The van der Waals surface area contributed by atoms with Crippen LogP contribution in [0.4, 0.5) is 0 Å². The lowest BCUT2D eigenvalue weighted by Crippen LogP contribution is -2.39. The first-order valence-corrected chi connectivity index (χ1v) is 5.28. The van der Waals surface area contributed by atoms with Gasteiger partial charge in [0.05, 0.1) is 13.2 Å². The van der Waals surface area contributed by atoms with E-state index in [9.17, 15) is 0 Å². The molecule has 0 saturated carbocycles. The molecule has 1 aliphatic rings. The molecule has 0 aromatic heterocycles. The van der Waals surface area contributed by atoms with Crippen LogP contribution >= 0.6 is 0 Å². The maximum Gasteiger partial charge on any atom is 0.0593 e. The summed E-state index contributed by atoms with van der Waals surface area (Å²) in [5.74, 6) is 0.645. The summed E-state index contributed by atoms with van der Waals surface area (Å²) in [6, 6.07) is 0.324. The van der Waals surface area contributed by atoms with Crippen molar-refractivity contribution in [3.63, 3.8) is 0 Å². The van der Waals surface area contributed by atoms with Crippen molar-refractivity contribution >= 4 is 0 Å². The van der Waals surface area contributed by atoms with Crippen LogP contribution < -0.4 is 5.73 Å². The zero-order chi connectivity index (χ0) is 9.68. The number of rotatable bonds is 3. The molecule has 1 fully saturated rings. The van der Waals surface area contributed by atoms with Crippen LogP contribution in [-0.4, -0.2) is 43.8 Å². The van der Waals surface area contributed by atoms with E-state index in [2.05, 4.69) is 18.7 Å². The molecule has 1 saturated heterocycles. The van der Waals surface area contributed by atoms with Crippen LogP contribution in [0, 0.1) is 5.92 Å². The lowest BCUT2D eigenvalue weighted by Gasteiger charge is -2.24. The molecule has 2 atom stereocenters. The van der Waals surface area contributed by atoms with Gasteiger partial charge in [-0.2, -0.15) is 0 Å². The average molecular weight is 186 g/mol. The molecule has 0 aromatic rings. The van der Waals surface area contributed by atoms with Gasteiger partial charge in [0, 0.05) is 25.7 Å². The first kappa shape index (κ1) is 11.0. The van der Waals surface area contributed by atoms with Crippen LogP contribution in [0.1, 0.15) is 20.3 Å². The molecule has 0 aromatic carbocycles. The Bertz CT molecular complexity index is 141. The molecule has 1 aliphatic heterocycles.